The topological polar surface area (TPSA) is 94.3 Å². The van der Waals surface area contributed by atoms with Crippen LogP contribution in [0.15, 0.2) is 4.99 Å². The Morgan fingerprint density at radius 2 is 1.91 bits per heavy atom. The second-order valence-electron chi connectivity index (χ2n) is 5.42. The second kappa shape index (κ2) is 6.56. The van der Waals surface area contributed by atoms with E-state index >= 15 is 0 Å². The molecule has 0 atom stereocenters. The van der Waals surface area contributed by atoms with E-state index in [0.717, 1.165) is 31.2 Å². The van der Waals surface area contributed by atoms with Crippen LogP contribution in [0.1, 0.15) is 35.3 Å². The van der Waals surface area contributed by atoms with Crippen molar-refractivity contribution in [1.29, 1.82) is 5.26 Å². The van der Waals surface area contributed by atoms with E-state index in [4.69, 9.17) is 12.2 Å². The molecule has 8 heteroatoms. The van der Waals surface area contributed by atoms with Gasteiger partial charge in [-0.25, -0.2) is 4.99 Å². The van der Waals surface area contributed by atoms with E-state index in [-0.39, 0.29) is 5.11 Å². The number of rotatable bonds is 2. The highest BCUT2D eigenvalue weighted by Crippen LogP contribution is 2.38. The van der Waals surface area contributed by atoms with Crippen molar-refractivity contribution in [1.82, 2.24) is 10.6 Å². The molecule has 1 aliphatic carbocycles. The molecule has 0 unspecified atom stereocenters. The molecule has 118 valence electrons. The molecule has 3 rings (SSSR count). The standard InChI is InChI=1S/C15H14N4O2S2/c16-6-9-8-4-2-1-3-5-11(8)23-14(9)17-7-10-12(20)18-15(22)19-13(10)21/h7,10H,1-5H2,(H2,18,19,20,21,22). The van der Waals surface area contributed by atoms with E-state index in [1.165, 1.54) is 28.8 Å². The summed E-state index contributed by atoms with van der Waals surface area (Å²) in [4.78, 5) is 29.1. The van der Waals surface area contributed by atoms with Gasteiger partial charge in [-0.05, 0) is 43.5 Å². The van der Waals surface area contributed by atoms with Crippen LogP contribution in [0.5, 0.6) is 0 Å². The third-order valence-electron chi connectivity index (χ3n) is 3.89. The van der Waals surface area contributed by atoms with Gasteiger partial charge in [0.15, 0.2) is 11.0 Å². The van der Waals surface area contributed by atoms with E-state index in [2.05, 4.69) is 21.7 Å². The van der Waals surface area contributed by atoms with Gasteiger partial charge in [0.2, 0.25) is 11.8 Å². The predicted octanol–water partition coefficient (Wildman–Crippen LogP) is 1.74. The zero-order valence-corrected chi connectivity index (χ0v) is 13.9. The van der Waals surface area contributed by atoms with Crippen molar-refractivity contribution in [3.8, 4) is 6.07 Å². The first-order valence-electron chi connectivity index (χ1n) is 7.34. The van der Waals surface area contributed by atoms with Crippen LogP contribution in [0, 0.1) is 17.2 Å². The molecule has 23 heavy (non-hydrogen) atoms. The Bertz CT molecular complexity index is 740. The molecule has 1 fully saturated rings. The van der Waals surface area contributed by atoms with Gasteiger partial charge < -0.3 is 10.6 Å². The number of thiophene rings is 1. The number of hydrogen-bond acceptors (Lipinski definition) is 6. The minimum absolute atomic E-state index is 0.00482. The van der Waals surface area contributed by atoms with Gasteiger partial charge >= 0.3 is 0 Å². The van der Waals surface area contributed by atoms with E-state index in [0.29, 0.717) is 10.6 Å². The maximum atomic E-state index is 11.8. The number of hydrogen-bond donors (Lipinski definition) is 2. The summed E-state index contributed by atoms with van der Waals surface area (Å²) in [7, 11) is 0. The van der Waals surface area contributed by atoms with E-state index < -0.39 is 17.7 Å². The summed E-state index contributed by atoms with van der Waals surface area (Å²) in [6.07, 6.45) is 6.51. The Kier molecular flexibility index (Phi) is 4.50. The quantitative estimate of drug-likeness (QED) is 0.369. The lowest BCUT2D eigenvalue weighted by molar-refractivity contribution is -0.131. The van der Waals surface area contributed by atoms with Crippen LogP contribution in [-0.2, 0) is 22.4 Å². The van der Waals surface area contributed by atoms with Gasteiger partial charge in [-0.3, -0.25) is 9.59 Å². The number of thiocarbonyl (C=S) groups is 1. The van der Waals surface area contributed by atoms with Gasteiger partial charge in [-0.1, -0.05) is 6.42 Å². The summed E-state index contributed by atoms with van der Waals surface area (Å²) in [5.74, 6) is -2.03. The summed E-state index contributed by atoms with van der Waals surface area (Å²) in [6, 6.07) is 2.22. The smallest absolute Gasteiger partial charge is 0.244 e. The average molecular weight is 346 g/mol. The molecule has 1 saturated heterocycles. The fraction of sp³-hybridized carbons (Fsp3) is 0.400. The number of nitriles is 1. The maximum absolute atomic E-state index is 11.8. The summed E-state index contributed by atoms with van der Waals surface area (Å²) in [5, 5.41) is 14.8. The first kappa shape index (κ1) is 15.8. The molecular weight excluding hydrogens is 332 g/mol. The number of nitrogens with one attached hydrogen (secondary N) is 2. The van der Waals surface area contributed by atoms with E-state index in [1.54, 1.807) is 0 Å². The molecule has 2 N–H and O–H groups in total. The number of carbonyl (C=O) groups is 2. The normalized spacial score (nSPS) is 19.0. The van der Waals surface area contributed by atoms with Crippen molar-refractivity contribution in [3.05, 3.63) is 16.0 Å². The van der Waals surface area contributed by atoms with Crippen LogP contribution in [-0.4, -0.2) is 23.1 Å². The SMILES string of the molecule is N#Cc1c(N=CC2C(=O)NC(=S)NC2=O)sc2c1CCCCC2. The van der Waals surface area contributed by atoms with Crippen molar-refractivity contribution in [2.45, 2.75) is 32.1 Å². The lowest BCUT2D eigenvalue weighted by atomic mass is 10.1. The number of fused-ring (bicyclic) bond motifs is 1. The summed E-state index contributed by atoms with van der Waals surface area (Å²) >= 11 is 6.23. The minimum Gasteiger partial charge on any atom is -0.302 e. The third-order valence-corrected chi connectivity index (χ3v) is 5.30. The number of aryl methyl sites for hydroxylation is 1. The Morgan fingerprint density at radius 3 is 2.61 bits per heavy atom. The molecule has 0 aromatic carbocycles. The molecular formula is C15H14N4O2S2. The first-order chi connectivity index (χ1) is 11.1. The monoisotopic (exact) mass is 346 g/mol. The van der Waals surface area contributed by atoms with Gasteiger partial charge in [-0.2, -0.15) is 5.26 Å². The molecule has 1 aromatic rings. The lowest BCUT2D eigenvalue weighted by Gasteiger charge is -2.19. The number of amides is 2. The van der Waals surface area contributed by atoms with Crippen LogP contribution in [0.4, 0.5) is 5.00 Å². The molecule has 1 aromatic heterocycles. The largest absolute Gasteiger partial charge is 0.302 e. The van der Waals surface area contributed by atoms with Crippen molar-refractivity contribution in [3.63, 3.8) is 0 Å². The summed E-state index contributed by atoms with van der Waals surface area (Å²) in [5.41, 5.74) is 1.66. The Hall–Kier alpha value is -2.11. The highest BCUT2D eigenvalue weighted by atomic mass is 32.1. The van der Waals surface area contributed by atoms with E-state index in [9.17, 15) is 14.9 Å². The summed E-state index contributed by atoms with van der Waals surface area (Å²) < 4.78 is 0. The third kappa shape index (κ3) is 3.16. The minimum atomic E-state index is -1.03. The fourth-order valence-corrected chi connectivity index (χ4v) is 4.13. The number of carbonyl (C=O) groups excluding carboxylic acids is 2. The average Bonchev–Trinajstić information content (AvgIpc) is 2.66. The van der Waals surface area contributed by atoms with Crippen LogP contribution in [0.3, 0.4) is 0 Å². The van der Waals surface area contributed by atoms with E-state index in [1.807, 2.05) is 0 Å². The van der Waals surface area contributed by atoms with Crippen molar-refractivity contribution >= 4 is 51.7 Å². The Labute approximate surface area is 142 Å². The number of aliphatic imine (C=N–C) groups is 1. The van der Waals surface area contributed by atoms with Gasteiger partial charge in [-0.15, -0.1) is 11.3 Å². The van der Waals surface area contributed by atoms with Crippen molar-refractivity contribution in [2.24, 2.45) is 10.9 Å². The highest BCUT2D eigenvalue weighted by Gasteiger charge is 2.31. The van der Waals surface area contributed by atoms with Crippen LogP contribution in [0.25, 0.3) is 0 Å². The molecule has 6 nitrogen and oxygen atoms in total. The van der Waals surface area contributed by atoms with Crippen LogP contribution in [0.2, 0.25) is 0 Å². The predicted molar refractivity (Wildman–Crippen MR) is 90.8 cm³/mol. The molecule has 0 saturated carbocycles. The molecule has 0 spiro atoms. The lowest BCUT2D eigenvalue weighted by Crippen LogP contribution is -2.56. The molecule has 1 aliphatic heterocycles. The Balaban J connectivity index is 1.88. The van der Waals surface area contributed by atoms with Gasteiger partial charge in [0.25, 0.3) is 0 Å². The van der Waals surface area contributed by atoms with Gasteiger partial charge in [0.1, 0.15) is 11.1 Å². The maximum Gasteiger partial charge on any atom is 0.244 e. The van der Waals surface area contributed by atoms with Gasteiger partial charge in [0.05, 0.1) is 5.56 Å². The van der Waals surface area contributed by atoms with Crippen molar-refractivity contribution < 1.29 is 9.59 Å². The highest BCUT2D eigenvalue weighted by molar-refractivity contribution is 7.80. The molecule has 2 amide bonds. The first-order valence-corrected chi connectivity index (χ1v) is 8.57. The van der Waals surface area contributed by atoms with Crippen LogP contribution >= 0.6 is 23.6 Å². The molecule has 2 heterocycles. The van der Waals surface area contributed by atoms with Gasteiger partial charge in [0, 0.05) is 11.1 Å². The van der Waals surface area contributed by atoms with Crippen molar-refractivity contribution in [2.75, 3.05) is 0 Å². The fourth-order valence-electron chi connectivity index (χ4n) is 2.74. The zero-order valence-electron chi connectivity index (χ0n) is 12.2. The Morgan fingerprint density at radius 1 is 1.22 bits per heavy atom. The zero-order chi connectivity index (χ0) is 16.4. The summed E-state index contributed by atoms with van der Waals surface area (Å²) in [6.45, 7) is 0. The van der Waals surface area contributed by atoms with Crippen LogP contribution < -0.4 is 10.6 Å². The molecule has 2 aliphatic rings. The molecule has 0 bridgehead atoms. The number of nitrogens with zero attached hydrogens (tertiary/aromatic N) is 2. The second-order valence-corrected chi connectivity index (χ2v) is 6.91. The molecule has 0 radical (unpaired) electrons.